The molecule has 1 aliphatic heterocycles. The molecule has 6 nitrogen and oxygen atoms in total. The van der Waals surface area contributed by atoms with E-state index >= 15 is 0 Å². The van der Waals surface area contributed by atoms with E-state index in [4.69, 9.17) is 21.1 Å². The SMILES string of the molecule is CCC(NC(=O)Cc1cc(Cl)c2c(c1)OCCCO2)c1ncc(-c2ccccc2)[nH]1. The van der Waals surface area contributed by atoms with Crippen molar-refractivity contribution in [3.63, 3.8) is 0 Å². The minimum Gasteiger partial charge on any atom is -0.489 e. The molecular weight excluding hydrogens is 402 g/mol. The lowest BCUT2D eigenvalue weighted by molar-refractivity contribution is -0.121. The van der Waals surface area contributed by atoms with Gasteiger partial charge in [0.2, 0.25) is 5.91 Å². The first-order chi connectivity index (χ1) is 14.6. The highest BCUT2D eigenvalue weighted by Crippen LogP contribution is 2.38. The summed E-state index contributed by atoms with van der Waals surface area (Å²) in [7, 11) is 0. The number of nitrogens with zero attached hydrogens (tertiary/aromatic N) is 1. The monoisotopic (exact) mass is 425 g/mol. The highest BCUT2D eigenvalue weighted by Gasteiger charge is 2.19. The van der Waals surface area contributed by atoms with Crippen LogP contribution in [0.4, 0.5) is 0 Å². The van der Waals surface area contributed by atoms with Crippen molar-refractivity contribution < 1.29 is 14.3 Å². The van der Waals surface area contributed by atoms with Crippen LogP contribution < -0.4 is 14.8 Å². The van der Waals surface area contributed by atoms with Gasteiger partial charge in [0.05, 0.1) is 42.6 Å². The Bertz CT molecular complexity index is 1020. The number of nitrogens with one attached hydrogen (secondary N) is 2. The van der Waals surface area contributed by atoms with Gasteiger partial charge in [-0.25, -0.2) is 4.98 Å². The number of hydrogen-bond donors (Lipinski definition) is 2. The Hall–Kier alpha value is -2.99. The number of amides is 1. The molecule has 2 heterocycles. The number of benzene rings is 2. The second-order valence-corrected chi connectivity index (χ2v) is 7.62. The molecule has 0 bridgehead atoms. The van der Waals surface area contributed by atoms with Gasteiger partial charge in [-0.2, -0.15) is 0 Å². The van der Waals surface area contributed by atoms with Gasteiger partial charge in [-0.3, -0.25) is 4.79 Å². The third-order valence-electron chi connectivity index (χ3n) is 4.98. The number of halogens is 1. The molecule has 1 aliphatic rings. The van der Waals surface area contributed by atoms with E-state index in [1.807, 2.05) is 43.3 Å². The second kappa shape index (κ2) is 9.22. The van der Waals surface area contributed by atoms with Crippen LogP contribution in [0.25, 0.3) is 11.3 Å². The Kier molecular flexibility index (Phi) is 6.23. The van der Waals surface area contributed by atoms with Gasteiger partial charge in [-0.1, -0.05) is 48.9 Å². The maximum atomic E-state index is 12.7. The summed E-state index contributed by atoms with van der Waals surface area (Å²) in [5.41, 5.74) is 2.76. The number of aromatic amines is 1. The van der Waals surface area contributed by atoms with Gasteiger partial charge in [-0.15, -0.1) is 0 Å². The van der Waals surface area contributed by atoms with E-state index in [1.54, 1.807) is 12.3 Å². The third kappa shape index (κ3) is 4.60. The zero-order valence-electron chi connectivity index (χ0n) is 16.8. The summed E-state index contributed by atoms with van der Waals surface area (Å²) in [4.78, 5) is 20.5. The summed E-state index contributed by atoms with van der Waals surface area (Å²) in [6, 6.07) is 13.4. The molecule has 1 aromatic heterocycles. The third-order valence-corrected chi connectivity index (χ3v) is 5.26. The second-order valence-electron chi connectivity index (χ2n) is 7.21. The van der Waals surface area contributed by atoms with E-state index in [9.17, 15) is 4.79 Å². The van der Waals surface area contributed by atoms with Crippen LogP contribution in [-0.4, -0.2) is 29.1 Å². The lowest BCUT2D eigenvalue weighted by Crippen LogP contribution is -2.30. The summed E-state index contributed by atoms with van der Waals surface area (Å²) in [5.74, 6) is 1.77. The Balaban J connectivity index is 1.45. The first-order valence-electron chi connectivity index (χ1n) is 10.1. The van der Waals surface area contributed by atoms with Crippen molar-refractivity contribution in [2.24, 2.45) is 0 Å². The molecule has 1 amide bonds. The van der Waals surface area contributed by atoms with Crippen LogP contribution in [0, 0.1) is 0 Å². The largest absolute Gasteiger partial charge is 0.489 e. The van der Waals surface area contributed by atoms with Crippen LogP contribution in [0.1, 0.15) is 37.2 Å². The van der Waals surface area contributed by atoms with Gasteiger partial charge in [0.1, 0.15) is 5.82 Å². The van der Waals surface area contributed by atoms with Crippen molar-refractivity contribution >= 4 is 17.5 Å². The fourth-order valence-corrected chi connectivity index (χ4v) is 3.75. The van der Waals surface area contributed by atoms with Gasteiger partial charge in [-0.05, 0) is 29.7 Å². The number of hydrogen-bond acceptors (Lipinski definition) is 4. The van der Waals surface area contributed by atoms with Crippen LogP contribution in [-0.2, 0) is 11.2 Å². The van der Waals surface area contributed by atoms with Crippen molar-refractivity contribution in [2.75, 3.05) is 13.2 Å². The number of ether oxygens (including phenoxy) is 2. The number of carbonyl (C=O) groups is 1. The molecule has 1 atom stereocenters. The average Bonchev–Trinajstić information content (AvgIpc) is 3.12. The summed E-state index contributed by atoms with van der Waals surface area (Å²) in [6.45, 7) is 3.15. The van der Waals surface area contributed by atoms with Gasteiger partial charge in [0.25, 0.3) is 0 Å². The highest BCUT2D eigenvalue weighted by atomic mass is 35.5. The molecule has 2 N–H and O–H groups in total. The van der Waals surface area contributed by atoms with Crippen LogP contribution in [0.3, 0.4) is 0 Å². The van der Waals surface area contributed by atoms with Crippen LogP contribution >= 0.6 is 11.6 Å². The molecule has 0 fully saturated rings. The maximum absolute atomic E-state index is 12.7. The molecule has 0 spiro atoms. The molecule has 0 radical (unpaired) electrons. The molecule has 3 aromatic rings. The summed E-state index contributed by atoms with van der Waals surface area (Å²) in [6.07, 6.45) is 3.50. The number of rotatable bonds is 6. The van der Waals surface area contributed by atoms with Crippen molar-refractivity contribution in [3.8, 4) is 22.8 Å². The smallest absolute Gasteiger partial charge is 0.225 e. The molecule has 7 heteroatoms. The molecule has 156 valence electrons. The number of carbonyl (C=O) groups excluding carboxylic acids is 1. The van der Waals surface area contributed by atoms with E-state index in [0.29, 0.717) is 29.7 Å². The van der Waals surface area contributed by atoms with E-state index in [-0.39, 0.29) is 18.4 Å². The van der Waals surface area contributed by atoms with Crippen LogP contribution in [0.2, 0.25) is 5.02 Å². The number of H-pyrrole nitrogens is 1. The number of imidazole rings is 1. The van der Waals surface area contributed by atoms with Crippen molar-refractivity contribution in [1.82, 2.24) is 15.3 Å². The van der Waals surface area contributed by atoms with Crippen LogP contribution in [0.15, 0.2) is 48.7 Å². The predicted octanol–water partition coefficient (Wildman–Crippen LogP) is 4.70. The van der Waals surface area contributed by atoms with Gasteiger partial charge in [0, 0.05) is 6.42 Å². The van der Waals surface area contributed by atoms with E-state index in [2.05, 4.69) is 15.3 Å². The quantitative estimate of drug-likeness (QED) is 0.600. The van der Waals surface area contributed by atoms with Crippen molar-refractivity contribution in [2.45, 2.75) is 32.2 Å². The maximum Gasteiger partial charge on any atom is 0.225 e. The average molecular weight is 426 g/mol. The minimum absolute atomic E-state index is 0.106. The fraction of sp³-hybridized carbons (Fsp3) is 0.304. The van der Waals surface area contributed by atoms with Crippen molar-refractivity contribution in [3.05, 3.63) is 65.1 Å². The summed E-state index contributed by atoms with van der Waals surface area (Å²) in [5, 5.41) is 3.52. The Morgan fingerprint density at radius 3 is 2.83 bits per heavy atom. The fourth-order valence-electron chi connectivity index (χ4n) is 3.46. The molecule has 0 aliphatic carbocycles. The molecule has 1 unspecified atom stereocenters. The molecule has 0 saturated carbocycles. The predicted molar refractivity (Wildman–Crippen MR) is 116 cm³/mol. The van der Waals surface area contributed by atoms with Crippen LogP contribution in [0.5, 0.6) is 11.5 Å². The summed E-state index contributed by atoms with van der Waals surface area (Å²) < 4.78 is 11.4. The first-order valence-corrected chi connectivity index (χ1v) is 10.5. The summed E-state index contributed by atoms with van der Waals surface area (Å²) >= 11 is 6.34. The van der Waals surface area contributed by atoms with Gasteiger partial charge >= 0.3 is 0 Å². The topological polar surface area (TPSA) is 76.2 Å². The Labute approximate surface area is 180 Å². The van der Waals surface area contributed by atoms with Gasteiger partial charge in [0.15, 0.2) is 11.5 Å². The van der Waals surface area contributed by atoms with Crippen molar-refractivity contribution in [1.29, 1.82) is 0 Å². The first kappa shape index (κ1) is 20.3. The zero-order valence-corrected chi connectivity index (χ0v) is 17.5. The Morgan fingerprint density at radius 2 is 2.03 bits per heavy atom. The highest BCUT2D eigenvalue weighted by molar-refractivity contribution is 6.32. The normalized spacial score (nSPS) is 14.1. The standard InChI is InChI=1S/C23H24ClN3O3/c1-2-18(23-25-14-19(27-23)16-7-4-3-5-8-16)26-21(28)13-15-11-17(24)22-20(12-15)29-9-6-10-30-22/h3-5,7-8,11-12,14,18H,2,6,9-10,13H2,1H3,(H,25,27)(H,26,28). The van der Waals surface area contributed by atoms with Gasteiger partial charge < -0.3 is 19.8 Å². The lowest BCUT2D eigenvalue weighted by atomic mass is 10.1. The van der Waals surface area contributed by atoms with E-state index in [0.717, 1.165) is 35.5 Å². The number of aromatic nitrogens is 2. The lowest BCUT2D eigenvalue weighted by Gasteiger charge is -2.16. The molecular formula is C23H24ClN3O3. The molecule has 30 heavy (non-hydrogen) atoms. The molecule has 0 saturated heterocycles. The number of fused-ring (bicyclic) bond motifs is 1. The Morgan fingerprint density at radius 1 is 1.23 bits per heavy atom. The van der Waals surface area contributed by atoms with E-state index < -0.39 is 0 Å². The zero-order chi connectivity index (χ0) is 20.9. The minimum atomic E-state index is -0.203. The molecule has 4 rings (SSSR count). The van der Waals surface area contributed by atoms with E-state index in [1.165, 1.54) is 0 Å². The molecule has 2 aromatic carbocycles.